The van der Waals surface area contributed by atoms with Crippen molar-refractivity contribution in [3.63, 3.8) is 0 Å². The van der Waals surface area contributed by atoms with Crippen molar-refractivity contribution in [2.45, 2.75) is 209 Å². The van der Waals surface area contributed by atoms with Crippen LogP contribution in [-0.2, 0) is 43.3 Å². The van der Waals surface area contributed by atoms with E-state index in [9.17, 15) is 0 Å². The van der Waals surface area contributed by atoms with Gasteiger partial charge in [-0.1, -0.05) is 269 Å². The summed E-state index contributed by atoms with van der Waals surface area (Å²) in [5, 5.41) is 5.13. The molecule has 0 aliphatic carbocycles. The second-order valence-electron chi connectivity index (χ2n) is 38.6. The monoisotopic (exact) mass is 1350 g/mol. The zero-order valence-electron chi connectivity index (χ0n) is 66.1. The number of hydrogen-bond donors (Lipinski definition) is 0. The molecule has 11 aromatic carbocycles. The van der Waals surface area contributed by atoms with E-state index in [4.69, 9.17) is 0 Å². The van der Waals surface area contributed by atoms with Crippen molar-refractivity contribution < 1.29 is 0 Å². The van der Waals surface area contributed by atoms with Crippen LogP contribution >= 0.6 is 0 Å². The van der Waals surface area contributed by atoms with Crippen molar-refractivity contribution >= 4 is 101 Å². The van der Waals surface area contributed by atoms with Gasteiger partial charge in [0.2, 0.25) is 0 Å². The Kier molecular flexibility index (Phi) is 15.9. The number of anilines is 6. The maximum absolute atomic E-state index is 2.60. The van der Waals surface area contributed by atoms with E-state index in [-0.39, 0.29) is 50.0 Å². The molecular weight excluding hydrogens is 1240 g/mol. The average Bonchev–Trinajstić information content (AvgIpc) is 1.41. The van der Waals surface area contributed by atoms with Crippen molar-refractivity contribution in [3.8, 4) is 33.6 Å². The van der Waals surface area contributed by atoms with Crippen molar-refractivity contribution in [2.24, 2.45) is 0 Å². The van der Waals surface area contributed by atoms with E-state index in [2.05, 4.69) is 397 Å². The lowest BCUT2D eigenvalue weighted by Crippen LogP contribution is -2.61. The molecule has 2 aliphatic heterocycles. The highest BCUT2D eigenvalue weighted by molar-refractivity contribution is 7.00. The van der Waals surface area contributed by atoms with Crippen molar-refractivity contribution in [3.05, 3.63) is 257 Å². The van der Waals surface area contributed by atoms with Crippen molar-refractivity contribution in [2.75, 3.05) is 9.80 Å². The summed E-state index contributed by atoms with van der Waals surface area (Å²) in [5.74, 6) is 0. The van der Waals surface area contributed by atoms with Gasteiger partial charge >= 0.3 is 0 Å². The Hall–Kier alpha value is -9.32. The third-order valence-corrected chi connectivity index (χ3v) is 22.7. The first-order chi connectivity index (χ1) is 48.1. The highest BCUT2D eigenvalue weighted by Gasteiger charge is 2.44. The molecule has 0 amide bonds. The Morgan fingerprint density at radius 2 is 0.476 bits per heavy atom. The summed E-state index contributed by atoms with van der Waals surface area (Å²) >= 11 is 0. The van der Waals surface area contributed by atoms with Crippen LogP contribution in [0.25, 0.3) is 77.2 Å². The molecule has 0 spiro atoms. The molecule has 0 atom stereocenters. The summed E-state index contributed by atoms with van der Waals surface area (Å²) in [6.07, 6.45) is 0. The lowest BCUT2D eigenvalue weighted by Gasteiger charge is -2.44. The fraction of sp³-hybridized carbons (Fsp3) is 0.327. The maximum Gasteiger partial charge on any atom is 0.252 e. The third kappa shape index (κ3) is 12.1. The van der Waals surface area contributed by atoms with Gasteiger partial charge in [-0.2, -0.15) is 0 Å². The summed E-state index contributed by atoms with van der Waals surface area (Å²) in [6, 6.07) is 84.4. The number of hydrogen-bond acceptors (Lipinski definition) is 2. The first-order valence-electron chi connectivity index (χ1n) is 37.8. The molecule has 2 aromatic heterocycles. The fourth-order valence-electron chi connectivity index (χ4n) is 16.1. The van der Waals surface area contributed by atoms with E-state index in [0.29, 0.717) is 0 Å². The molecule has 4 heterocycles. The normalized spacial score (nSPS) is 14.0. The van der Waals surface area contributed by atoms with E-state index in [0.717, 1.165) is 22.7 Å². The van der Waals surface area contributed by atoms with E-state index in [1.54, 1.807) is 0 Å². The fourth-order valence-corrected chi connectivity index (χ4v) is 16.1. The molecule has 0 bridgehead atoms. The molecular formula is C98H107BN4. The van der Waals surface area contributed by atoms with Gasteiger partial charge in [0.1, 0.15) is 0 Å². The molecule has 0 unspecified atom stereocenters. The van der Waals surface area contributed by atoms with Crippen molar-refractivity contribution in [1.82, 2.24) is 9.13 Å². The maximum atomic E-state index is 2.60. The van der Waals surface area contributed by atoms with Crippen molar-refractivity contribution in [1.29, 1.82) is 0 Å². The summed E-state index contributed by atoms with van der Waals surface area (Å²) in [4.78, 5) is 5.19. The van der Waals surface area contributed by atoms with Crippen LogP contribution in [0.1, 0.15) is 211 Å². The Bertz CT molecular complexity index is 5020. The zero-order chi connectivity index (χ0) is 73.5. The van der Waals surface area contributed by atoms with E-state index in [1.165, 1.54) is 150 Å². The molecule has 0 saturated carbocycles. The molecule has 0 N–H and O–H groups in total. The molecule has 5 heteroatoms. The zero-order valence-corrected chi connectivity index (χ0v) is 66.1. The average molecular weight is 1350 g/mol. The lowest BCUT2D eigenvalue weighted by molar-refractivity contribution is 0.568. The minimum absolute atomic E-state index is 0.0173. The number of fused-ring (bicyclic) bond motifs is 10. The lowest BCUT2D eigenvalue weighted by atomic mass is 9.33. The van der Waals surface area contributed by atoms with Crippen LogP contribution in [0.5, 0.6) is 0 Å². The van der Waals surface area contributed by atoms with Gasteiger partial charge in [0.25, 0.3) is 6.71 Å². The Labute approximate surface area is 615 Å². The Morgan fingerprint density at radius 3 is 0.738 bits per heavy atom. The van der Waals surface area contributed by atoms with Gasteiger partial charge in [0.05, 0.1) is 22.1 Å². The smallest absolute Gasteiger partial charge is 0.252 e. The molecule has 13 aromatic rings. The van der Waals surface area contributed by atoms with Gasteiger partial charge in [0.15, 0.2) is 0 Å². The van der Waals surface area contributed by atoms with Crippen LogP contribution in [0.15, 0.2) is 212 Å². The topological polar surface area (TPSA) is 16.3 Å². The predicted molar refractivity (Wildman–Crippen MR) is 450 cm³/mol. The molecule has 4 nitrogen and oxygen atoms in total. The summed E-state index contributed by atoms with van der Waals surface area (Å²) in [5.41, 5.74) is 33.3. The first-order valence-corrected chi connectivity index (χ1v) is 37.8. The van der Waals surface area contributed by atoms with E-state index >= 15 is 0 Å². The molecule has 2 aliphatic rings. The third-order valence-electron chi connectivity index (χ3n) is 22.7. The molecule has 103 heavy (non-hydrogen) atoms. The van der Waals surface area contributed by atoms with E-state index in [1.807, 2.05) is 0 Å². The van der Waals surface area contributed by atoms with E-state index < -0.39 is 0 Å². The first kappa shape index (κ1) is 69.4. The predicted octanol–water partition coefficient (Wildman–Crippen LogP) is 25.7. The van der Waals surface area contributed by atoms with Crippen LogP contribution in [0.4, 0.5) is 34.1 Å². The van der Waals surface area contributed by atoms with Gasteiger partial charge in [-0.05, 0) is 236 Å². The molecule has 0 radical (unpaired) electrons. The molecule has 522 valence electrons. The second kappa shape index (κ2) is 23.6. The van der Waals surface area contributed by atoms with Crippen LogP contribution in [-0.4, -0.2) is 15.8 Å². The standard InChI is InChI=1S/C98H107BN4/c1-91(2,3)64-32-44-82-76(54-64)77-55-65(92(4,5)6)33-45-83(77)102(82)74-40-42-80-88(58-74)100(72-36-28-60(29-37-72)62-48-68(95(13,14)15)52-69(49-62)96(16,17)18)86-26-25-27-87-90(86)99(80)81-43-41-75(103-84-46-34-66(93(7,8)9)56-78(84)79-57-67(94(10,11)12)35-47-85(79)103)59-89(81)101(87)73-38-30-61(31-39-73)63-50-70(97(19,20)21)53-71(51-63)98(22,23)24/h25-59H,1-24H3. The van der Waals surface area contributed by atoms with Gasteiger partial charge in [-0.15, -0.1) is 0 Å². The largest absolute Gasteiger partial charge is 0.311 e. The number of rotatable bonds is 6. The number of aromatic nitrogens is 2. The highest BCUT2D eigenvalue weighted by Crippen LogP contribution is 2.49. The van der Waals surface area contributed by atoms with Crippen LogP contribution in [0, 0.1) is 0 Å². The highest BCUT2D eigenvalue weighted by atomic mass is 15.2. The van der Waals surface area contributed by atoms with Crippen LogP contribution in [0.3, 0.4) is 0 Å². The minimum atomic E-state index is -0.124. The molecule has 15 rings (SSSR count). The van der Waals surface area contributed by atoms with Gasteiger partial charge in [-0.25, -0.2) is 0 Å². The van der Waals surface area contributed by atoms with Crippen LogP contribution in [0.2, 0.25) is 0 Å². The van der Waals surface area contributed by atoms with Crippen LogP contribution < -0.4 is 26.2 Å². The second-order valence-corrected chi connectivity index (χ2v) is 38.6. The minimum Gasteiger partial charge on any atom is -0.311 e. The summed E-state index contributed by atoms with van der Waals surface area (Å²) in [6.45, 7) is 55.9. The Balaban J connectivity index is 0.993. The van der Waals surface area contributed by atoms with Gasteiger partial charge in [-0.3, -0.25) is 0 Å². The van der Waals surface area contributed by atoms with Gasteiger partial charge in [0, 0.05) is 67.0 Å². The number of benzene rings is 11. The summed E-state index contributed by atoms with van der Waals surface area (Å²) in [7, 11) is 0. The molecule has 0 fully saturated rings. The SMILES string of the molecule is CC(C)(C)c1cc(-c2ccc(N3c4cc(-n5c6ccc(C(C)(C)C)cc6c6cc(C(C)(C)C)ccc65)ccc4B4c5ccc(-n6c7ccc(C(C)(C)C)cc7c7cc(C(C)(C)C)ccc76)cc5N(c5ccc(-c6cc(C(C)(C)C)cc(C(C)(C)C)c6)cc5)c5cccc3c54)cc2)cc(C(C)(C)C)c1. The number of nitrogens with zero attached hydrogens (tertiary/aromatic N) is 4. The van der Waals surface area contributed by atoms with Gasteiger partial charge < -0.3 is 18.9 Å². The summed E-state index contributed by atoms with van der Waals surface area (Å²) < 4.78 is 5.09. The quantitative estimate of drug-likeness (QED) is 0.154. The Morgan fingerprint density at radius 1 is 0.214 bits per heavy atom. The molecule has 0 saturated heterocycles.